The van der Waals surface area contributed by atoms with E-state index >= 15 is 0 Å². The Morgan fingerprint density at radius 3 is 1.25 bits per heavy atom. The largest absolute Gasteiger partial charge is 0.493 e. The van der Waals surface area contributed by atoms with Crippen molar-refractivity contribution >= 4 is 57.2 Å². The van der Waals surface area contributed by atoms with Crippen molar-refractivity contribution in [1.29, 1.82) is 0 Å². The van der Waals surface area contributed by atoms with Crippen LogP contribution in [0.15, 0.2) is 133 Å². The third kappa shape index (κ3) is 17.1. The van der Waals surface area contributed by atoms with Crippen LogP contribution in [0.2, 0.25) is 0 Å². The first kappa shape index (κ1) is 53.2. The number of benzene rings is 6. The molecule has 72 heavy (non-hydrogen) atoms. The molecule has 0 unspecified atom stereocenters. The molecule has 378 valence electrons. The van der Waals surface area contributed by atoms with Gasteiger partial charge in [0.1, 0.15) is 36.8 Å². The van der Waals surface area contributed by atoms with Crippen molar-refractivity contribution in [3.05, 3.63) is 145 Å². The van der Waals surface area contributed by atoms with Gasteiger partial charge in [0, 0.05) is 24.0 Å². The number of nitrogens with one attached hydrogen (secondary N) is 4. The molecule has 0 saturated heterocycles. The Morgan fingerprint density at radius 2 is 0.847 bits per heavy atom. The number of carbonyl (C=O) groups excluding carboxylic acids is 4. The molecule has 0 aromatic heterocycles. The maximum absolute atomic E-state index is 13.4. The molecule has 16 nitrogen and oxygen atoms in total. The number of rotatable bonds is 29. The molecule has 0 aliphatic carbocycles. The van der Waals surface area contributed by atoms with Crippen LogP contribution in [0.5, 0.6) is 11.5 Å². The SMILES string of the molecule is NC(N)=[NH+]CCCC[C@@H](NC(=O)CCCOc1ccc2ccccc2c1-c1c(OCCCC(=O)N[C@H](CCCC[NH+]=C(N)N)C(=O)OCc2ccccc2)ccc2ccccc12)C(=O)OCc1ccccc1. The first-order valence-corrected chi connectivity index (χ1v) is 24.6. The first-order chi connectivity index (χ1) is 35.0. The van der Waals surface area contributed by atoms with Crippen LogP contribution in [0.4, 0.5) is 0 Å². The van der Waals surface area contributed by atoms with Gasteiger partial charge in [-0.2, -0.15) is 0 Å². The average Bonchev–Trinajstić information content (AvgIpc) is 3.39. The number of esters is 2. The zero-order chi connectivity index (χ0) is 50.9. The quantitative estimate of drug-likeness (QED) is 0.0146. The molecule has 6 aromatic carbocycles. The number of fused-ring (bicyclic) bond motifs is 2. The Kier molecular flexibility index (Phi) is 21.1. The number of nitrogens with two attached hydrogens (primary N) is 4. The summed E-state index contributed by atoms with van der Waals surface area (Å²) in [6.45, 7) is 1.67. The van der Waals surface area contributed by atoms with Crippen LogP contribution in [0.3, 0.4) is 0 Å². The van der Waals surface area contributed by atoms with Gasteiger partial charge < -0.3 is 29.6 Å². The molecule has 0 saturated carbocycles. The van der Waals surface area contributed by atoms with E-state index in [0.717, 1.165) is 43.8 Å². The van der Waals surface area contributed by atoms with Gasteiger partial charge in [-0.3, -0.25) is 42.5 Å². The van der Waals surface area contributed by atoms with Crippen molar-refractivity contribution in [2.24, 2.45) is 22.9 Å². The van der Waals surface area contributed by atoms with Gasteiger partial charge in [0.2, 0.25) is 11.8 Å². The van der Waals surface area contributed by atoms with Gasteiger partial charge in [-0.05, 0) is 96.2 Å². The van der Waals surface area contributed by atoms with E-state index < -0.39 is 24.0 Å². The highest BCUT2D eigenvalue weighted by molar-refractivity contribution is 6.09. The van der Waals surface area contributed by atoms with Crippen molar-refractivity contribution in [3.63, 3.8) is 0 Å². The Bertz CT molecular complexity index is 2570. The normalized spacial score (nSPS) is 11.7. The second-order valence-corrected chi connectivity index (χ2v) is 17.4. The summed E-state index contributed by atoms with van der Waals surface area (Å²) < 4.78 is 24.3. The fraction of sp³-hybridized carbons (Fsp3) is 0.321. The highest BCUT2D eigenvalue weighted by Crippen LogP contribution is 2.45. The number of carbonyl (C=O) groups is 4. The molecule has 0 fully saturated rings. The van der Waals surface area contributed by atoms with Gasteiger partial charge in [-0.1, -0.05) is 121 Å². The molecule has 2 amide bonds. The van der Waals surface area contributed by atoms with E-state index in [1.165, 1.54) is 0 Å². The fourth-order valence-corrected chi connectivity index (χ4v) is 8.19. The first-order valence-electron chi connectivity index (χ1n) is 24.6. The van der Waals surface area contributed by atoms with Crippen LogP contribution in [0.25, 0.3) is 32.7 Å². The highest BCUT2D eigenvalue weighted by Gasteiger charge is 2.25. The molecular weight excluding hydrogens is 913 g/mol. The summed E-state index contributed by atoms with van der Waals surface area (Å²) in [5.74, 6) is -0.153. The molecule has 0 aliphatic heterocycles. The molecule has 0 heterocycles. The lowest BCUT2D eigenvalue weighted by molar-refractivity contribution is -0.460. The zero-order valence-corrected chi connectivity index (χ0v) is 40.7. The van der Waals surface area contributed by atoms with Gasteiger partial charge in [0.15, 0.2) is 0 Å². The Hall–Kier alpha value is -8.14. The van der Waals surface area contributed by atoms with Crippen molar-refractivity contribution in [1.82, 2.24) is 10.6 Å². The zero-order valence-electron chi connectivity index (χ0n) is 40.7. The minimum Gasteiger partial charge on any atom is -0.493 e. The molecule has 12 N–H and O–H groups in total. The summed E-state index contributed by atoms with van der Waals surface area (Å²) in [6.07, 6.45) is 4.31. The van der Waals surface area contributed by atoms with Crippen molar-refractivity contribution in [2.45, 2.75) is 89.5 Å². The fourth-order valence-electron chi connectivity index (χ4n) is 8.19. The Balaban J connectivity index is 1.11. The third-order valence-electron chi connectivity index (χ3n) is 11.8. The van der Waals surface area contributed by atoms with E-state index in [-0.39, 0.29) is 63.0 Å². The Labute approximate surface area is 420 Å². The predicted octanol–water partition coefficient (Wildman–Crippen LogP) is 3.48. The molecular formula is C56H68N8O8+2. The second kappa shape index (κ2) is 28.5. The minimum atomic E-state index is -0.835. The molecule has 6 rings (SSSR count). The monoisotopic (exact) mass is 981 g/mol. The van der Waals surface area contributed by atoms with E-state index in [1.807, 2.05) is 133 Å². The van der Waals surface area contributed by atoms with Crippen LogP contribution >= 0.6 is 0 Å². The number of hydrogen-bond donors (Lipinski definition) is 8. The van der Waals surface area contributed by atoms with Crippen molar-refractivity contribution in [2.75, 3.05) is 26.3 Å². The number of unbranched alkanes of at least 4 members (excludes halogenated alkanes) is 2. The van der Waals surface area contributed by atoms with Crippen LogP contribution < -0.4 is 53.0 Å². The average molecular weight is 981 g/mol. The van der Waals surface area contributed by atoms with E-state index in [4.69, 9.17) is 41.9 Å². The molecule has 0 spiro atoms. The molecule has 0 radical (unpaired) electrons. The maximum Gasteiger partial charge on any atom is 0.338 e. The molecule has 6 aromatic rings. The predicted molar refractivity (Wildman–Crippen MR) is 279 cm³/mol. The maximum atomic E-state index is 13.4. The van der Waals surface area contributed by atoms with E-state index in [2.05, 4.69) is 20.6 Å². The second-order valence-electron chi connectivity index (χ2n) is 17.4. The van der Waals surface area contributed by atoms with Gasteiger partial charge in [-0.15, -0.1) is 0 Å². The molecule has 0 aliphatic rings. The van der Waals surface area contributed by atoms with Gasteiger partial charge in [0.05, 0.1) is 26.3 Å². The van der Waals surface area contributed by atoms with Crippen molar-refractivity contribution < 1.29 is 48.1 Å². The number of amides is 2. The number of guanidine groups is 2. The lowest BCUT2D eigenvalue weighted by Crippen LogP contribution is -2.78. The summed E-state index contributed by atoms with van der Waals surface area (Å²) in [5.41, 5.74) is 25.4. The molecule has 16 heteroatoms. The number of ether oxygens (including phenoxy) is 4. The molecule has 0 bridgehead atoms. The van der Waals surface area contributed by atoms with Crippen LogP contribution in [-0.4, -0.2) is 74.1 Å². The summed E-state index contributed by atoms with van der Waals surface area (Å²) >= 11 is 0. The minimum absolute atomic E-state index is 0.0939. The summed E-state index contributed by atoms with van der Waals surface area (Å²) in [5, 5.41) is 9.67. The third-order valence-corrected chi connectivity index (χ3v) is 11.8. The van der Waals surface area contributed by atoms with E-state index in [0.29, 0.717) is 76.0 Å². The lowest BCUT2D eigenvalue weighted by atomic mass is 9.92. The summed E-state index contributed by atoms with van der Waals surface area (Å²) in [6, 6.07) is 41.0. The van der Waals surface area contributed by atoms with Crippen LogP contribution in [0.1, 0.15) is 75.3 Å². The van der Waals surface area contributed by atoms with Gasteiger partial charge >= 0.3 is 23.9 Å². The lowest BCUT2D eigenvalue weighted by Gasteiger charge is -2.20. The standard InChI is InChI=1S/C56H66N8O8/c57-55(58)61-33-13-11-25-45(53(67)71-37-39-17-3-1-4-18-39)63-49(65)27-15-35-69-47-31-29-41-21-7-9-23-43(41)51(47)52-44-24-10-8-22-42(44)30-32-48(52)70-36-16-28-50(66)64-46(26-12-14-34-62-56(59)60)54(68)72-38-40-19-5-2-6-20-40/h1-10,17-24,29-32,45-46H,11-16,25-28,33-38H2,(H,63,65)(H,64,66)(H4,57,58,61)(H4,59,60,62)/p+2/t45-,46-/m1/s1. The van der Waals surface area contributed by atoms with Crippen LogP contribution in [0, 0.1) is 0 Å². The smallest absolute Gasteiger partial charge is 0.338 e. The topological polar surface area (TPSA) is 261 Å². The van der Waals surface area contributed by atoms with E-state index in [9.17, 15) is 19.2 Å². The van der Waals surface area contributed by atoms with E-state index in [1.54, 1.807) is 0 Å². The molecule has 2 atom stereocenters. The van der Waals surface area contributed by atoms with Crippen molar-refractivity contribution in [3.8, 4) is 22.6 Å². The van der Waals surface area contributed by atoms with Gasteiger partial charge in [-0.25, -0.2) is 9.59 Å². The summed E-state index contributed by atoms with van der Waals surface area (Å²) in [4.78, 5) is 59.0. The highest BCUT2D eigenvalue weighted by atomic mass is 16.5. The number of hydrogen-bond acceptors (Lipinski definition) is 8. The van der Waals surface area contributed by atoms with Crippen LogP contribution in [-0.2, 0) is 41.9 Å². The van der Waals surface area contributed by atoms with Gasteiger partial charge in [0.25, 0.3) is 0 Å². The Morgan fingerprint density at radius 1 is 0.458 bits per heavy atom. The summed E-state index contributed by atoms with van der Waals surface area (Å²) in [7, 11) is 0.